The summed E-state index contributed by atoms with van der Waals surface area (Å²) in [5, 5.41) is 10.3. The third-order valence-corrected chi connectivity index (χ3v) is 4.09. The van der Waals surface area contributed by atoms with Crippen molar-refractivity contribution < 1.29 is 14.6 Å². The lowest BCUT2D eigenvalue weighted by atomic mass is 9.90. The molecule has 2 heterocycles. The van der Waals surface area contributed by atoms with Crippen LogP contribution in [0, 0.1) is 11.8 Å². The first-order valence-corrected chi connectivity index (χ1v) is 6.26. The largest absolute Gasteiger partial charge is 0.391 e. The molecule has 2 aliphatic heterocycles. The van der Waals surface area contributed by atoms with Crippen molar-refractivity contribution in [3.8, 4) is 0 Å². The summed E-state index contributed by atoms with van der Waals surface area (Å²) in [4.78, 5) is 13.7. The first-order valence-electron chi connectivity index (χ1n) is 6.26. The van der Waals surface area contributed by atoms with Crippen LogP contribution in [0.4, 0.5) is 0 Å². The smallest absolute Gasteiger partial charge is 0.248 e. The van der Waals surface area contributed by atoms with Crippen LogP contribution in [0.15, 0.2) is 0 Å². The Balaban J connectivity index is 2.21. The highest BCUT2D eigenvalue weighted by atomic mass is 16.5. The van der Waals surface area contributed by atoms with Gasteiger partial charge in [-0.15, -0.1) is 0 Å². The van der Waals surface area contributed by atoms with Gasteiger partial charge in [-0.2, -0.15) is 0 Å². The van der Waals surface area contributed by atoms with Gasteiger partial charge in [0.1, 0.15) is 6.61 Å². The Kier molecular flexibility index (Phi) is 3.70. The minimum Gasteiger partial charge on any atom is -0.391 e. The van der Waals surface area contributed by atoms with E-state index in [1.807, 2.05) is 6.92 Å². The SMILES string of the molecule is COCC(=O)N1C[C@@H]2C[C@@H](N)C1[C@@H](O)[C@@H](C)C2. The molecule has 0 spiro atoms. The molecule has 98 valence electrons. The number of nitrogens with zero attached hydrogens (tertiary/aromatic N) is 1. The topological polar surface area (TPSA) is 75.8 Å². The van der Waals surface area contributed by atoms with Crippen molar-refractivity contribution in [3.63, 3.8) is 0 Å². The van der Waals surface area contributed by atoms with Crippen molar-refractivity contribution in [2.45, 2.75) is 38.0 Å². The van der Waals surface area contributed by atoms with Crippen LogP contribution < -0.4 is 5.73 Å². The van der Waals surface area contributed by atoms with E-state index < -0.39 is 6.10 Å². The Labute approximate surface area is 102 Å². The van der Waals surface area contributed by atoms with Gasteiger partial charge in [0.05, 0.1) is 12.1 Å². The average molecular weight is 242 g/mol. The van der Waals surface area contributed by atoms with Crippen molar-refractivity contribution >= 4 is 5.91 Å². The number of aliphatic hydroxyl groups is 1. The van der Waals surface area contributed by atoms with Gasteiger partial charge in [-0.05, 0) is 24.7 Å². The van der Waals surface area contributed by atoms with E-state index in [-0.39, 0.29) is 30.5 Å². The van der Waals surface area contributed by atoms with Crippen molar-refractivity contribution in [3.05, 3.63) is 0 Å². The van der Waals surface area contributed by atoms with Crippen LogP contribution in [0.3, 0.4) is 0 Å². The zero-order chi connectivity index (χ0) is 12.6. The highest BCUT2D eigenvalue weighted by Crippen LogP contribution is 2.36. The van der Waals surface area contributed by atoms with Crippen LogP contribution in [-0.4, -0.2) is 54.4 Å². The van der Waals surface area contributed by atoms with Crippen molar-refractivity contribution in [2.24, 2.45) is 17.6 Å². The fourth-order valence-corrected chi connectivity index (χ4v) is 3.31. The molecule has 3 fully saturated rings. The van der Waals surface area contributed by atoms with Crippen LogP contribution in [0.5, 0.6) is 0 Å². The summed E-state index contributed by atoms with van der Waals surface area (Å²) in [6, 6.07) is -0.360. The highest BCUT2D eigenvalue weighted by molar-refractivity contribution is 5.78. The van der Waals surface area contributed by atoms with Crippen LogP contribution in [0.25, 0.3) is 0 Å². The number of fused-ring (bicyclic) bond motifs is 4. The lowest BCUT2D eigenvalue weighted by Gasteiger charge is -2.42. The summed E-state index contributed by atoms with van der Waals surface area (Å²) < 4.78 is 4.89. The molecule has 0 aromatic rings. The minimum atomic E-state index is -0.515. The average Bonchev–Trinajstić information content (AvgIpc) is 2.44. The van der Waals surface area contributed by atoms with Gasteiger partial charge in [-0.25, -0.2) is 0 Å². The first-order chi connectivity index (χ1) is 8.04. The molecule has 5 atom stereocenters. The Morgan fingerprint density at radius 2 is 2.24 bits per heavy atom. The number of carbonyl (C=O) groups is 1. The Morgan fingerprint density at radius 1 is 1.53 bits per heavy atom. The van der Waals surface area contributed by atoms with Gasteiger partial charge in [-0.3, -0.25) is 4.79 Å². The predicted molar refractivity (Wildman–Crippen MR) is 63.2 cm³/mol. The molecule has 1 aliphatic carbocycles. The Hall–Kier alpha value is -0.650. The van der Waals surface area contributed by atoms with Crippen molar-refractivity contribution in [2.75, 3.05) is 20.3 Å². The molecule has 17 heavy (non-hydrogen) atoms. The van der Waals surface area contributed by atoms with E-state index in [1.54, 1.807) is 4.90 Å². The van der Waals surface area contributed by atoms with Gasteiger partial charge >= 0.3 is 0 Å². The molecule has 0 radical (unpaired) electrons. The molecular weight excluding hydrogens is 220 g/mol. The number of rotatable bonds is 2. The maximum absolute atomic E-state index is 12.0. The Bertz CT molecular complexity index is 297. The van der Waals surface area contributed by atoms with Crippen LogP contribution in [0.1, 0.15) is 19.8 Å². The second kappa shape index (κ2) is 4.92. The minimum absolute atomic E-state index is 0.0641. The van der Waals surface area contributed by atoms with E-state index in [4.69, 9.17) is 10.5 Å². The summed E-state index contributed by atoms with van der Waals surface area (Å²) in [5.74, 6) is 0.555. The zero-order valence-electron chi connectivity index (χ0n) is 10.5. The summed E-state index contributed by atoms with van der Waals surface area (Å²) in [7, 11) is 1.51. The second-order valence-corrected chi connectivity index (χ2v) is 5.44. The van der Waals surface area contributed by atoms with Crippen molar-refractivity contribution in [1.82, 2.24) is 4.90 Å². The fraction of sp³-hybridized carbons (Fsp3) is 0.917. The third kappa shape index (κ3) is 2.32. The summed E-state index contributed by atoms with van der Waals surface area (Å²) in [5.41, 5.74) is 6.10. The molecule has 0 aromatic heterocycles. The van der Waals surface area contributed by atoms with Gasteiger partial charge in [0.15, 0.2) is 0 Å². The fourth-order valence-electron chi connectivity index (χ4n) is 3.31. The van der Waals surface area contributed by atoms with E-state index in [1.165, 1.54) is 7.11 Å². The maximum Gasteiger partial charge on any atom is 0.248 e. The third-order valence-electron chi connectivity index (χ3n) is 4.09. The molecule has 3 rings (SSSR count). The Morgan fingerprint density at radius 3 is 2.88 bits per heavy atom. The highest BCUT2D eigenvalue weighted by Gasteiger charge is 2.46. The van der Waals surface area contributed by atoms with Gasteiger partial charge < -0.3 is 20.5 Å². The van der Waals surface area contributed by atoms with E-state index in [2.05, 4.69) is 0 Å². The van der Waals surface area contributed by atoms with E-state index in [9.17, 15) is 9.90 Å². The van der Waals surface area contributed by atoms with E-state index in [0.717, 1.165) is 12.8 Å². The van der Waals surface area contributed by atoms with E-state index in [0.29, 0.717) is 12.5 Å². The van der Waals surface area contributed by atoms with Crippen LogP contribution in [-0.2, 0) is 9.53 Å². The first kappa shape index (κ1) is 12.8. The number of ether oxygens (including phenoxy) is 1. The molecule has 1 unspecified atom stereocenters. The van der Waals surface area contributed by atoms with Gasteiger partial charge in [0, 0.05) is 19.7 Å². The summed E-state index contributed by atoms with van der Waals surface area (Å²) in [6.45, 7) is 2.81. The molecule has 5 heteroatoms. The summed E-state index contributed by atoms with van der Waals surface area (Å²) >= 11 is 0. The molecule has 1 saturated carbocycles. The van der Waals surface area contributed by atoms with Gasteiger partial charge in [-0.1, -0.05) is 6.92 Å². The second-order valence-electron chi connectivity index (χ2n) is 5.44. The number of hydrogen-bond acceptors (Lipinski definition) is 4. The standard InChI is InChI=1S/C12H22N2O3/c1-7-3-8-4-9(13)11(12(7)16)14(5-8)10(15)6-17-2/h7-9,11-12,16H,3-6,13H2,1-2H3/t7-,8-,9+,11?,12-/m0/s1. The molecule has 2 bridgehead atoms. The number of piperidine rings is 1. The molecule has 3 N–H and O–H groups in total. The number of amides is 1. The number of hydrogen-bond donors (Lipinski definition) is 2. The van der Waals surface area contributed by atoms with Gasteiger partial charge in [0.2, 0.25) is 5.91 Å². The number of nitrogens with two attached hydrogens (primary N) is 1. The predicted octanol–water partition coefficient (Wildman–Crippen LogP) is -0.422. The van der Waals surface area contributed by atoms with Crippen LogP contribution >= 0.6 is 0 Å². The number of methoxy groups -OCH3 is 1. The molecule has 1 amide bonds. The summed E-state index contributed by atoms with van der Waals surface area (Å²) in [6.07, 6.45) is 1.34. The molecule has 0 aromatic carbocycles. The molecule has 3 aliphatic rings. The number of aliphatic hydroxyl groups excluding tert-OH is 1. The molecule has 2 saturated heterocycles. The van der Waals surface area contributed by atoms with Gasteiger partial charge in [0.25, 0.3) is 0 Å². The van der Waals surface area contributed by atoms with Crippen LogP contribution in [0.2, 0.25) is 0 Å². The zero-order valence-corrected chi connectivity index (χ0v) is 10.5. The van der Waals surface area contributed by atoms with Crippen molar-refractivity contribution in [1.29, 1.82) is 0 Å². The van der Waals surface area contributed by atoms with E-state index >= 15 is 0 Å². The quantitative estimate of drug-likeness (QED) is 0.689. The monoisotopic (exact) mass is 242 g/mol. The maximum atomic E-state index is 12.0. The lowest BCUT2D eigenvalue weighted by molar-refractivity contribution is -0.143. The molecular formula is C12H22N2O3. The number of carbonyl (C=O) groups excluding carboxylic acids is 1. The lowest BCUT2D eigenvalue weighted by Crippen LogP contribution is -2.60. The normalized spacial score (nSPS) is 41.4. The molecule has 5 nitrogen and oxygen atoms in total.